The number of sulfonamides is 1. The van der Waals surface area contributed by atoms with E-state index in [2.05, 4.69) is 5.32 Å². The van der Waals surface area contributed by atoms with Crippen LogP contribution in [0, 0.1) is 0 Å². The number of carbonyl (C=O) groups is 2. The molecule has 1 fully saturated rings. The van der Waals surface area contributed by atoms with Crippen LogP contribution in [0.3, 0.4) is 0 Å². The Morgan fingerprint density at radius 1 is 1.11 bits per heavy atom. The molecule has 0 bridgehead atoms. The van der Waals surface area contributed by atoms with Gasteiger partial charge in [-0.05, 0) is 49.6 Å². The standard InChI is InChI=1S/C26H33Cl2N3O5S/c1-18(26(33)29-20-10-5-4-6-11-20)30(16-19-9-7-12-21(15-19)36-2)24(32)17-31(37(3,34)35)23-14-8-13-22(27)25(23)28/h7-9,12-15,18,20H,4-6,10-11,16-17H2,1-3H3,(H,29,33)/t18-/m0/s1. The Kier molecular flexibility index (Phi) is 10.1. The third kappa shape index (κ3) is 7.75. The van der Waals surface area contributed by atoms with Crippen molar-refractivity contribution < 1.29 is 22.7 Å². The fraction of sp³-hybridized carbons (Fsp3) is 0.462. The van der Waals surface area contributed by atoms with E-state index >= 15 is 0 Å². The predicted molar refractivity (Wildman–Crippen MR) is 147 cm³/mol. The van der Waals surface area contributed by atoms with Gasteiger partial charge in [0, 0.05) is 12.6 Å². The molecule has 2 amide bonds. The molecule has 2 aromatic rings. The molecule has 0 spiro atoms. The highest BCUT2D eigenvalue weighted by Gasteiger charge is 2.32. The summed E-state index contributed by atoms with van der Waals surface area (Å²) >= 11 is 12.4. The fourth-order valence-electron chi connectivity index (χ4n) is 4.40. The van der Waals surface area contributed by atoms with Crippen LogP contribution >= 0.6 is 23.2 Å². The van der Waals surface area contributed by atoms with Crippen LogP contribution < -0.4 is 14.4 Å². The second-order valence-corrected chi connectivity index (χ2v) is 11.9. The molecule has 1 aliphatic carbocycles. The molecule has 8 nitrogen and oxygen atoms in total. The summed E-state index contributed by atoms with van der Waals surface area (Å²) in [5, 5.41) is 3.25. The minimum absolute atomic E-state index is 0.0184. The molecule has 11 heteroatoms. The maximum absolute atomic E-state index is 13.7. The Balaban J connectivity index is 1.91. The summed E-state index contributed by atoms with van der Waals surface area (Å²) in [5.74, 6) is -0.238. The summed E-state index contributed by atoms with van der Waals surface area (Å²) < 4.78 is 31.6. The number of amides is 2. The van der Waals surface area contributed by atoms with E-state index in [-0.39, 0.29) is 34.2 Å². The van der Waals surface area contributed by atoms with E-state index < -0.39 is 28.5 Å². The molecule has 1 saturated carbocycles. The van der Waals surface area contributed by atoms with Crippen LogP contribution in [0.4, 0.5) is 5.69 Å². The van der Waals surface area contributed by atoms with Gasteiger partial charge in [0.15, 0.2) is 0 Å². The number of carbonyl (C=O) groups excluding carboxylic acids is 2. The number of hydrogen-bond donors (Lipinski definition) is 1. The topological polar surface area (TPSA) is 96.0 Å². The quantitative estimate of drug-likeness (QED) is 0.449. The van der Waals surface area contributed by atoms with Crippen molar-refractivity contribution in [1.29, 1.82) is 0 Å². The molecule has 202 valence electrons. The minimum atomic E-state index is -3.92. The number of benzene rings is 2. The molecule has 0 radical (unpaired) electrons. The average Bonchev–Trinajstić information content (AvgIpc) is 2.87. The van der Waals surface area contributed by atoms with E-state index in [0.29, 0.717) is 5.75 Å². The highest BCUT2D eigenvalue weighted by Crippen LogP contribution is 2.33. The number of anilines is 1. The SMILES string of the molecule is COc1cccc(CN(C(=O)CN(c2cccc(Cl)c2Cl)S(C)(=O)=O)[C@@H](C)C(=O)NC2CCCCC2)c1. The summed E-state index contributed by atoms with van der Waals surface area (Å²) in [6, 6.07) is 10.9. The first-order valence-corrected chi connectivity index (χ1v) is 14.8. The van der Waals surface area contributed by atoms with E-state index in [9.17, 15) is 18.0 Å². The Bertz CT molecular complexity index is 1220. The van der Waals surface area contributed by atoms with Gasteiger partial charge in [0.25, 0.3) is 0 Å². The summed E-state index contributed by atoms with van der Waals surface area (Å²) in [6.07, 6.45) is 6.04. The van der Waals surface area contributed by atoms with Gasteiger partial charge in [-0.2, -0.15) is 0 Å². The van der Waals surface area contributed by atoms with Gasteiger partial charge >= 0.3 is 0 Å². The van der Waals surface area contributed by atoms with E-state index in [1.54, 1.807) is 38.3 Å². The molecule has 2 aromatic carbocycles. The minimum Gasteiger partial charge on any atom is -0.497 e. The zero-order valence-electron chi connectivity index (χ0n) is 21.2. The van der Waals surface area contributed by atoms with Crippen molar-refractivity contribution >= 4 is 50.7 Å². The van der Waals surface area contributed by atoms with Crippen molar-refractivity contribution in [2.24, 2.45) is 0 Å². The lowest BCUT2D eigenvalue weighted by Crippen LogP contribution is -2.53. The van der Waals surface area contributed by atoms with Crippen molar-refractivity contribution in [2.45, 2.75) is 57.7 Å². The third-order valence-corrected chi connectivity index (χ3v) is 8.42. The van der Waals surface area contributed by atoms with Crippen molar-refractivity contribution in [3.8, 4) is 5.75 Å². The first-order chi connectivity index (χ1) is 17.5. The van der Waals surface area contributed by atoms with Crippen LogP contribution in [-0.2, 0) is 26.2 Å². The van der Waals surface area contributed by atoms with Gasteiger partial charge in [0.05, 0.1) is 29.1 Å². The number of hydrogen-bond acceptors (Lipinski definition) is 5. The van der Waals surface area contributed by atoms with Crippen LogP contribution in [0.2, 0.25) is 10.0 Å². The summed E-state index contributed by atoms with van der Waals surface area (Å²) in [4.78, 5) is 28.3. The Morgan fingerprint density at radius 2 is 1.78 bits per heavy atom. The molecular formula is C26H33Cl2N3O5S. The lowest BCUT2D eigenvalue weighted by Gasteiger charge is -2.33. The molecule has 1 N–H and O–H groups in total. The summed E-state index contributed by atoms with van der Waals surface area (Å²) in [7, 11) is -2.37. The lowest BCUT2D eigenvalue weighted by atomic mass is 9.95. The first-order valence-electron chi connectivity index (χ1n) is 12.2. The Morgan fingerprint density at radius 3 is 2.43 bits per heavy atom. The van der Waals surface area contributed by atoms with Gasteiger partial charge in [-0.1, -0.05) is 60.7 Å². The van der Waals surface area contributed by atoms with E-state index in [1.807, 2.05) is 6.07 Å². The normalized spacial score (nSPS) is 15.1. The van der Waals surface area contributed by atoms with Gasteiger partial charge < -0.3 is 15.0 Å². The summed E-state index contributed by atoms with van der Waals surface area (Å²) in [6.45, 7) is 1.17. The number of ether oxygens (including phenoxy) is 1. The van der Waals surface area contributed by atoms with E-state index in [0.717, 1.165) is 48.2 Å². The van der Waals surface area contributed by atoms with Crippen molar-refractivity contribution in [2.75, 3.05) is 24.2 Å². The number of halogens is 2. The maximum Gasteiger partial charge on any atom is 0.244 e. The Labute approximate surface area is 228 Å². The van der Waals surface area contributed by atoms with Gasteiger partial charge in [0.2, 0.25) is 21.8 Å². The number of methoxy groups -OCH3 is 1. The van der Waals surface area contributed by atoms with Gasteiger partial charge in [-0.3, -0.25) is 13.9 Å². The highest BCUT2D eigenvalue weighted by atomic mass is 35.5. The zero-order chi connectivity index (χ0) is 27.2. The van der Waals surface area contributed by atoms with Crippen molar-refractivity contribution in [3.05, 3.63) is 58.1 Å². The van der Waals surface area contributed by atoms with Crippen LogP contribution in [0.1, 0.15) is 44.6 Å². The largest absolute Gasteiger partial charge is 0.497 e. The number of nitrogens with zero attached hydrogens (tertiary/aromatic N) is 2. The molecular weight excluding hydrogens is 537 g/mol. The van der Waals surface area contributed by atoms with Gasteiger partial charge in [-0.25, -0.2) is 8.42 Å². The number of rotatable bonds is 10. The molecule has 37 heavy (non-hydrogen) atoms. The van der Waals surface area contributed by atoms with Gasteiger partial charge in [-0.15, -0.1) is 0 Å². The molecule has 0 heterocycles. The van der Waals surface area contributed by atoms with Crippen LogP contribution in [0.15, 0.2) is 42.5 Å². The van der Waals surface area contributed by atoms with Crippen LogP contribution in [0.5, 0.6) is 5.75 Å². The lowest BCUT2D eigenvalue weighted by molar-refractivity contribution is -0.139. The second-order valence-electron chi connectivity index (χ2n) is 9.24. The Hall–Kier alpha value is -2.49. The second kappa shape index (κ2) is 12.8. The summed E-state index contributed by atoms with van der Waals surface area (Å²) in [5.41, 5.74) is 0.822. The molecule has 1 aliphatic rings. The molecule has 1 atom stereocenters. The first kappa shape index (κ1) is 29.1. The smallest absolute Gasteiger partial charge is 0.244 e. The van der Waals surface area contributed by atoms with Crippen molar-refractivity contribution in [3.63, 3.8) is 0 Å². The molecule has 0 aromatic heterocycles. The highest BCUT2D eigenvalue weighted by molar-refractivity contribution is 7.92. The molecule has 0 aliphatic heterocycles. The third-order valence-electron chi connectivity index (χ3n) is 6.49. The van der Waals surface area contributed by atoms with Gasteiger partial charge in [0.1, 0.15) is 18.3 Å². The monoisotopic (exact) mass is 569 g/mol. The molecule has 3 rings (SSSR count). The fourth-order valence-corrected chi connectivity index (χ4v) is 5.70. The predicted octanol–water partition coefficient (Wildman–Crippen LogP) is 4.63. The van der Waals surface area contributed by atoms with E-state index in [4.69, 9.17) is 27.9 Å². The average molecular weight is 571 g/mol. The van der Waals surface area contributed by atoms with Crippen LogP contribution in [-0.4, -0.2) is 57.1 Å². The molecule has 0 saturated heterocycles. The maximum atomic E-state index is 13.7. The van der Waals surface area contributed by atoms with E-state index in [1.165, 1.54) is 17.0 Å². The van der Waals surface area contributed by atoms with Crippen molar-refractivity contribution in [1.82, 2.24) is 10.2 Å². The van der Waals surface area contributed by atoms with Crippen LogP contribution in [0.25, 0.3) is 0 Å². The molecule has 0 unspecified atom stereocenters. The number of nitrogens with one attached hydrogen (secondary N) is 1. The zero-order valence-corrected chi connectivity index (χ0v) is 23.6.